The van der Waals surface area contributed by atoms with Crippen LogP contribution in [-0.4, -0.2) is 87.5 Å². The highest BCUT2D eigenvalue weighted by Gasteiger charge is 2.44. The molecule has 9 heteroatoms. The summed E-state index contributed by atoms with van der Waals surface area (Å²) in [5, 5.41) is 54.0. The fourth-order valence-electron chi connectivity index (χ4n) is 6.67. The molecule has 7 unspecified atom stereocenters. The summed E-state index contributed by atoms with van der Waals surface area (Å²) in [6.45, 7) is 3.71. The molecule has 53 heavy (non-hydrogen) atoms. The number of carbonyl (C=O) groups excluding carboxylic acids is 1. The Balaban J connectivity index is 2.35. The highest BCUT2D eigenvalue weighted by Crippen LogP contribution is 2.22. The Morgan fingerprint density at radius 3 is 1.62 bits per heavy atom. The van der Waals surface area contributed by atoms with Crippen molar-refractivity contribution in [3.05, 3.63) is 36.5 Å². The van der Waals surface area contributed by atoms with Gasteiger partial charge in [0.2, 0.25) is 5.91 Å². The van der Waals surface area contributed by atoms with Crippen LogP contribution in [0.3, 0.4) is 0 Å². The van der Waals surface area contributed by atoms with Crippen molar-refractivity contribution in [2.24, 2.45) is 0 Å². The first-order chi connectivity index (χ1) is 25.8. The van der Waals surface area contributed by atoms with Crippen LogP contribution in [0.2, 0.25) is 0 Å². The number of unbranched alkanes of at least 4 members (excludes halogenated alkanes) is 22. The Morgan fingerprint density at radius 1 is 0.642 bits per heavy atom. The van der Waals surface area contributed by atoms with Crippen LogP contribution in [0.25, 0.3) is 0 Å². The molecule has 1 fully saturated rings. The number of aliphatic hydroxyl groups is 5. The Labute approximate surface area is 323 Å². The molecule has 6 N–H and O–H groups in total. The lowest BCUT2D eigenvalue weighted by atomic mass is 9.99. The summed E-state index contributed by atoms with van der Waals surface area (Å²) in [6, 6.07) is -0.803. The predicted molar refractivity (Wildman–Crippen MR) is 216 cm³/mol. The molecule has 1 rings (SSSR count). The number of amides is 1. The molecule has 0 aliphatic carbocycles. The normalized spacial score (nSPS) is 22.0. The first-order valence-electron chi connectivity index (χ1n) is 21.7. The van der Waals surface area contributed by atoms with Crippen molar-refractivity contribution in [1.82, 2.24) is 5.32 Å². The minimum atomic E-state index is -1.56. The van der Waals surface area contributed by atoms with Gasteiger partial charge in [0.05, 0.1) is 25.4 Å². The number of nitrogens with one attached hydrogen (secondary N) is 1. The second kappa shape index (κ2) is 34.9. The monoisotopic (exact) mass is 752 g/mol. The van der Waals surface area contributed by atoms with Crippen LogP contribution < -0.4 is 5.32 Å². The summed E-state index contributed by atoms with van der Waals surface area (Å²) in [5.41, 5.74) is 0. The van der Waals surface area contributed by atoms with Gasteiger partial charge < -0.3 is 40.3 Å². The number of rotatable bonds is 35. The van der Waals surface area contributed by atoms with E-state index in [0.29, 0.717) is 6.42 Å². The molecule has 0 aromatic rings. The molecule has 7 atom stereocenters. The zero-order valence-corrected chi connectivity index (χ0v) is 33.8. The Hall–Kier alpha value is -1.59. The number of hydrogen-bond donors (Lipinski definition) is 6. The van der Waals surface area contributed by atoms with Crippen molar-refractivity contribution in [3.63, 3.8) is 0 Å². The van der Waals surface area contributed by atoms with Crippen LogP contribution in [-0.2, 0) is 14.3 Å². The van der Waals surface area contributed by atoms with Crippen LogP contribution >= 0.6 is 0 Å². The summed E-state index contributed by atoms with van der Waals surface area (Å²) in [6.07, 6.45) is 34.7. The molecular weight excluding hydrogens is 670 g/mol. The van der Waals surface area contributed by atoms with E-state index in [9.17, 15) is 30.3 Å². The van der Waals surface area contributed by atoms with Crippen LogP contribution in [0.1, 0.15) is 181 Å². The standard InChI is InChI=1S/C44H81NO8/c1-3-5-7-9-11-13-15-16-17-18-19-20-21-22-24-26-28-30-32-34-40(48)45-37(36-52-44-43(51)42(50)41(49)39(35-46)53-44)38(47)33-31-29-27-25-23-14-12-10-8-6-4-2/h11,13,15-16,31,33,37-39,41-44,46-47,49-51H,3-10,12,14,17-30,32,34-36H2,1-2H3,(H,45,48)/b13-11-,16-15-,33-31+. The maximum Gasteiger partial charge on any atom is 0.220 e. The first kappa shape index (κ1) is 49.4. The van der Waals surface area contributed by atoms with Crippen molar-refractivity contribution in [2.75, 3.05) is 13.2 Å². The second-order valence-electron chi connectivity index (χ2n) is 15.2. The Morgan fingerprint density at radius 2 is 1.09 bits per heavy atom. The molecule has 0 aromatic carbocycles. The molecule has 1 aliphatic heterocycles. The largest absolute Gasteiger partial charge is 0.394 e. The zero-order valence-electron chi connectivity index (χ0n) is 33.8. The molecular formula is C44H81NO8. The third kappa shape index (κ3) is 26.0. The molecule has 1 saturated heterocycles. The van der Waals surface area contributed by atoms with Gasteiger partial charge in [-0.3, -0.25) is 4.79 Å². The summed E-state index contributed by atoms with van der Waals surface area (Å²) in [5.74, 6) is -0.184. The lowest BCUT2D eigenvalue weighted by molar-refractivity contribution is -0.302. The molecule has 0 aromatic heterocycles. The quantitative estimate of drug-likeness (QED) is 0.0215. The third-order valence-electron chi connectivity index (χ3n) is 10.2. The van der Waals surface area contributed by atoms with Crippen molar-refractivity contribution < 1.29 is 39.8 Å². The van der Waals surface area contributed by atoms with E-state index in [4.69, 9.17) is 9.47 Å². The second-order valence-corrected chi connectivity index (χ2v) is 15.2. The van der Waals surface area contributed by atoms with Gasteiger partial charge in [-0.1, -0.05) is 166 Å². The van der Waals surface area contributed by atoms with Crippen LogP contribution in [0.5, 0.6) is 0 Å². The highest BCUT2D eigenvalue weighted by molar-refractivity contribution is 5.76. The topological polar surface area (TPSA) is 149 Å². The van der Waals surface area contributed by atoms with Crippen molar-refractivity contribution in [2.45, 2.75) is 224 Å². The lowest BCUT2D eigenvalue weighted by Gasteiger charge is -2.40. The van der Waals surface area contributed by atoms with E-state index in [1.165, 1.54) is 116 Å². The maximum atomic E-state index is 12.9. The van der Waals surface area contributed by atoms with E-state index in [1.807, 2.05) is 6.08 Å². The minimum absolute atomic E-state index is 0.184. The number of hydrogen-bond acceptors (Lipinski definition) is 8. The van der Waals surface area contributed by atoms with Crippen LogP contribution in [0.15, 0.2) is 36.5 Å². The molecule has 1 aliphatic rings. The van der Waals surface area contributed by atoms with Gasteiger partial charge in [-0.25, -0.2) is 0 Å². The fraction of sp³-hybridized carbons (Fsp3) is 0.841. The van der Waals surface area contributed by atoms with Crippen molar-refractivity contribution in [1.29, 1.82) is 0 Å². The molecule has 1 amide bonds. The van der Waals surface area contributed by atoms with E-state index in [2.05, 4.69) is 43.5 Å². The average Bonchev–Trinajstić information content (AvgIpc) is 3.16. The Kier molecular flexibility index (Phi) is 32.5. The molecule has 1 heterocycles. The summed E-state index contributed by atoms with van der Waals surface area (Å²) < 4.78 is 11.2. The van der Waals surface area contributed by atoms with E-state index in [1.54, 1.807) is 6.08 Å². The average molecular weight is 752 g/mol. The lowest BCUT2D eigenvalue weighted by Crippen LogP contribution is -2.60. The van der Waals surface area contributed by atoms with Crippen molar-refractivity contribution >= 4 is 5.91 Å². The first-order valence-corrected chi connectivity index (χ1v) is 21.7. The van der Waals surface area contributed by atoms with Gasteiger partial charge in [-0.15, -0.1) is 0 Å². The molecule has 310 valence electrons. The fourth-order valence-corrected chi connectivity index (χ4v) is 6.67. The smallest absolute Gasteiger partial charge is 0.220 e. The third-order valence-corrected chi connectivity index (χ3v) is 10.2. The van der Waals surface area contributed by atoms with E-state index < -0.39 is 49.5 Å². The van der Waals surface area contributed by atoms with Crippen molar-refractivity contribution in [3.8, 4) is 0 Å². The van der Waals surface area contributed by atoms with Gasteiger partial charge in [0.1, 0.15) is 24.4 Å². The predicted octanol–water partition coefficient (Wildman–Crippen LogP) is 8.50. The van der Waals surface area contributed by atoms with Gasteiger partial charge >= 0.3 is 0 Å². The van der Waals surface area contributed by atoms with Gasteiger partial charge in [-0.2, -0.15) is 0 Å². The van der Waals surface area contributed by atoms with Gasteiger partial charge in [0.15, 0.2) is 6.29 Å². The summed E-state index contributed by atoms with van der Waals surface area (Å²) in [4.78, 5) is 12.9. The maximum absolute atomic E-state index is 12.9. The zero-order chi connectivity index (χ0) is 38.8. The van der Waals surface area contributed by atoms with Gasteiger partial charge in [0.25, 0.3) is 0 Å². The minimum Gasteiger partial charge on any atom is -0.394 e. The Bertz CT molecular complexity index is 925. The number of aliphatic hydroxyl groups excluding tert-OH is 5. The van der Waals surface area contributed by atoms with Gasteiger partial charge in [0, 0.05) is 6.42 Å². The highest BCUT2D eigenvalue weighted by atomic mass is 16.7. The van der Waals surface area contributed by atoms with Gasteiger partial charge in [-0.05, 0) is 44.9 Å². The number of ether oxygens (including phenoxy) is 2. The summed E-state index contributed by atoms with van der Waals surface area (Å²) in [7, 11) is 0. The molecule has 0 spiro atoms. The van der Waals surface area contributed by atoms with Crippen LogP contribution in [0.4, 0.5) is 0 Å². The molecule has 0 radical (unpaired) electrons. The molecule has 0 saturated carbocycles. The van der Waals surface area contributed by atoms with Crippen LogP contribution in [0, 0.1) is 0 Å². The van der Waals surface area contributed by atoms with E-state index in [0.717, 1.165) is 44.9 Å². The van der Waals surface area contributed by atoms with E-state index in [-0.39, 0.29) is 12.5 Å². The number of allylic oxidation sites excluding steroid dienone is 5. The molecule has 9 nitrogen and oxygen atoms in total. The van der Waals surface area contributed by atoms with E-state index >= 15 is 0 Å². The number of carbonyl (C=O) groups is 1. The summed E-state index contributed by atoms with van der Waals surface area (Å²) >= 11 is 0. The molecule has 0 bridgehead atoms. The SMILES string of the molecule is CCCCC/C=C\C=C/CCCCCCCCCCCCC(=O)NC(COC1OC(CO)C(O)C(O)C1O)C(O)/C=C/CCCCCCCCCCC.